The van der Waals surface area contributed by atoms with E-state index in [9.17, 15) is 4.79 Å². The Hall–Kier alpha value is -2.53. The Kier molecular flexibility index (Phi) is 3.82. The second-order valence-electron chi connectivity index (χ2n) is 7.51. The van der Waals surface area contributed by atoms with E-state index in [-0.39, 0.29) is 11.7 Å². The lowest BCUT2D eigenvalue weighted by atomic mass is 9.86. The predicted molar refractivity (Wildman–Crippen MR) is 98.8 cm³/mol. The Labute approximate surface area is 152 Å². The van der Waals surface area contributed by atoms with Crippen molar-refractivity contribution >= 4 is 11.6 Å². The SMILES string of the molecule is O=C(c1cnc2ncccn12)C1CC2CCC(C1)N2Cc1ccccc1. The number of fused-ring (bicyclic) bond motifs is 3. The molecule has 5 rings (SSSR count). The van der Waals surface area contributed by atoms with Gasteiger partial charge in [0.2, 0.25) is 5.78 Å². The molecule has 2 aliphatic heterocycles. The minimum Gasteiger partial charge on any atom is -0.293 e. The Morgan fingerprint density at radius 1 is 1.04 bits per heavy atom. The molecular weight excluding hydrogens is 324 g/mol. The number of aromatic nitrogens is 3. The molecule has 2 saturated heterocycles. The van der Waals surface area contributed by atoms with Crippen molar-refractivity contribution in [1.82, 2.24) is 19.3 Å². The summed E-state index contributed by atoms with van der Waals surface area (Å²) in [5.41, 5.74) is 2.04. The number of ketones is 1. The first-order valence-electron chi connectivity index (χ1n) is 9.41. The molecule has 5 nitrogen and oxygen atoms in total. The molecule has 0 saturated carbocycles. The lowest BCUT2D eigenvalue weighted by Crippen LogP contribution is -2.44. The maximum absolute atomic E-state index is 13.2. The molecule has 2 fully saturated rings. The summed E-state index contributed by atoms with van der Waals surface area (Å²) in [5, 5.41) is 0. The molecule has 5 heteroatoms. The van der Waals surface area contributed by atoms with Gasteiger partial charge in [-0.3, -0.25) is 14.1 Å². The van der Waals surface area contributed by atoms with Gasteiger partial charge >= 0.3 is 0 Å². The van der Waals surface area contributed by atoms with Crippen LogP contribution in [0.4, 0.5) is 0 Å². The average molecular weight is 346 g/mol. The Bertz CT molecular complexity index is 921. The third kappa shape index (κ3) is 2.63. The van der Waals surface area contributed by atoms with Crippen LogP contribution in [0.3, 0.4) is 0 Å². The highest BCUT2D eigenvalue weighted by Crippen LogP contribution is 2.40. The number of rotatable bonds is 4. The van der Waals surface area contributed by atoms with Crippen LogP contribution in [0, 0.1) is 5.92 Å². The summed E-state index contributed by atoms with van der Waals surface area (Å²) < 4.78 is 1.82. The van der Waals surface area contributed by atoms with Crippen LogP contribution in [-0.4, -0.2) is 37.1 Å². The number of benzene rings is 1. The summed E-state index contributed by atoms with van der Waals surface area (Å²) in [6.45, 7) is 0.997. The monoisotopic (exact) mass is 346 g/mol. The zero-order valence-electron chi connectivity index (χ0n) is 14.7. The van der Waals surface area contributed by atoms with Crippen LogP contribution in [-0.2, 0) is 6.54 Å². The lowest BCUT2D eigenvalue weighted by Gasteiger charge is -2.38. The smallest absolute Gasteiger partial charge is 0.234 e. The Morgan fingerprint density at radius 2 is 1.81 bits per heavy atom. The van der Waals surface area contributed by atoms with Gasteiger partial charge < -0.3 is 0 Å². The normalized spacial score (nSPS) is 25.6. The summed E-state index contributed by atoms with van der Waals surface area (Å²) in [4.78, 5) is 24.3. The second-order valence-corrected chi connectivity index (χ2v) is 7.51. The van der Waals surface area contributed by atoms with Crippen LogP contribution in [0.1, 0.15) is 41.7 Å². The van der Waals surface area contributed by atoms with Crippen molar-refractivity contribution in [3.8, 4) is 0 Å². The fraction of sp³-hybridized carbons (Fsp3) is 0.381. The van der Waals surface area contributed by atoms with E-state index in [1.165, 1.54) is 18.4 Å². The highest BCUT2D eigenvalue weighted by molar-refractivity contribution is 5.97. The van der Waals surface area contributed by atoms with Crippen molar-refractivity contribution < 1.29 is 4.79 Å². The van der Waals surface area contributed by atoms with Gasteiger partial charge in [0.25, 0.3) is 0 Å². The summed E-state index contributed by atoms with van der Waals surface area (Å²) >= 11 is 0. The number of hydrogen-bond acceptors (Lipinski definition) is 4. The largest absolute Gasteiger partial charge is 0.293 e. The van der Waals surface area contributed by atoms with Crippen molar-refractivity contribution in [3.63, 3.8) is 0 Å². The number of piperidine rings is 1. The number of nitrogens with zero attached hydrogens (tertiary/aromatic N) is 4. The van der Waals surface area contributed by atoms with Gasteiger partial charge in [-0.2, -0.15) is 0 Å². The fourth-order valence-electron chi connectivity index (χ4n) is 4.76. The molecule has 132 valence electrons. The second kappa shape index (κ2) is 6.32. The molecule has 3 aromatic rings. The maximum Gasteiger partial charge on any atom is 0.234 e. The standard InChI is InChI=1S/C21H22N4O/c26-20(19-13-23-21-22-9-4-10-24(19)21)16-11-17-7-8-18(12-16)25(17)14-15-5-2-1-3-6-15/h1-6,9-10,13,16-18H,7-8,11-12,14H2. The minimum absolute atomic E-state index is 0.0969. The zero-order chi connectivity index (χ0) is 17.5. The van der Waals surface area contributed by atoms with E-state index < -0.39 is 0 Å². The van der Waals surface area contributed by atoms with Gasteiger partial charge in [0, 0.05) is 36.9 Å². The van der Waals surface area contributed by atoms with Crippen molar-refractivity contribution in [2.45, 2.75) is 44.3 Å². The summed E-state index contributed by atoms with van der Waals surface area (Å²) in [6.07, 6.45) is 9.58. The van der Waals surface area contributed by atoms with Gasteiger partial charge in [0.15, 0.2) is 5.78 Å². The first kappa shape index (κ1) is 15.7. The fourth-order valence-corrected chi connectivity index (χ4v) is 4.76. The zero-order valence-corrected chi connectivity index (χ0v) is 14.7. The van der Waals surface area contributed by atoms with Crippen LogP contribution in [0.25, 0.3) is 5.78 Å². The third-order valence-electron chi connectivity index (χ3n) is 6.00. The first-order valence-corrected chi connectivity index (χ1v) is 9.41. The molecule has 4 heterocycles. The van der Waals surface area contributed by atoms with Gasteiger partial charge in [-0.05, 0) is 37.3 Å². The number of Topliss-reactive ketones (excluding diaryl/α,β-unsaturated/α-hetero) is 1. The average Bonchev–Trinajstić information content (AvgIpc) is 3.19. The predicted octanol–water partition coefficient (Wildman–Crippen LogP) is 3.36. The summed E-state index contributed by atoms with van der Waals surface area (Å²) in [7, 11) is 0. The van der Waals surface area contributed by atoms with E-state index in [2.05, 4.69) is 45.2 Å². The van der Waals surface area contributed by atoms with Gasteiger partial charge in [0.05, 0.1) is 6.20 Å². The van der Waals surface area contributed by atoms with E-state index in [1.54, 1.807) is 12.4 Å². The Balaban J connectivity index is 1.35. The van der Waals surface area contributed by atoms with Crippen molar-refractivity contribution in [1.29, 1.82) is 0 Å². The van der Waals surface area contributed by atoms with E-state index in [0.29, 0.717) is 23.6 Å². The molecule has 1 aromatic carbocycles. The third-order valence-corrected chi connectivity index (χ3v) is 6.00. The quantitative estimate of drug-likeness (QED) is 0.680. The van der Waals surface area contributed by atoms with E-state index in [1.807, 2.05) is 16.7 Å². The number of carbonyl (C=O) groups excluding carboxylic acids is 1. The molecule has 2 aromatic heterocycles. The van der Waals surface area contributed by atoms with Crippen molar-refractivity contribution in [2.75, 3.05) is 0 Å². The van der Waals surface area contributed by atoms with Crippen LogP contribution in [0.15, 0.2) is 55.0 Å². The topological polar surface area (TPSA) is 50.5 Å². The highest BCUT2D eigenvalue weighted by Gasteiger charge is 2.43. The number of carbonyl (C=O) groups is 1. The minimum atomic E-state index is 0.0969. The number of hydrogen-bond donors (Lipinski definition) is 0. The van der Waals surface area contributed by atoms with Crippen LogP contribution >= 0.6 is 0 Å². The Morgan fingerprint density at radius 3 is 2.58 bits per heavy atom. The maximum atomic E-state index is 13.2. The molecule has 26 heavy (non-hydrogen) atoms. The van der Waals surface area contributed by atoms with Crippen LogP contribution in [0.5, 0.6) is 0 Å². The molecule has 2 atom stereocenters. The van der Waals surface area contributed by atoms with Gasteiger partial charge in [-0.15, -0.1) is 0 Å². The molecule has 0 amide bonds. The first-order chi connectivity index (χ1) is 12.8. The van der Waals surface area contributed by atoms with Crippen LogP contribution in [0.2, 0.25) is 0 Å². The van der Waals surface area contributed by atoms with Crippen molar-refractivity contribution in [2.24, 2.45) is 5.92 Å². The van der Waals surface area contributed by atoms with Crippen molar-refractivity contribution in [3.05, 3.63) is 66.2 Å². The van der Waals surface area contributed by atoms with E-state index in [4.69, 9.17) is 0 Å². The van der Waals surface area contributed by atoms with E-state index >= 15 is 0 Å². The summed E-state index contributed by atoms with van der Waals surface area (Å²) in [5.74, 6) is 0.918. The summed E-state index contributed by atoms with van der Waals surface area (Å²) in [6, 6.07) is 13.5. The highest BCUT2D eigenvalue weighted by atomic mass is 16.1. The molecule has 0 aliphatic carbocycles. The van der Waals surface area contributed by atoms with Crippen LogP contribution < -0.4 is 0 Å². The van der Waals surface area contributed by atoms with Gasteiger partial charge in [-0.1, -0.05) is 30.3 Å². The lowest BCUT2D eigenvalue weighted by molar-refractivity contribution is 0.0673. The van der Waals surface area contributed by atoms with Gasteiger partial charge in [-0.25, -0.2) is 9.97 Å². The molecule has 0 radical (unpaired) electrons. The molecule has 2 unspecified atom stereocenters. The molecule has 2 bridgehead atoms. The van der Waals surface area contributed by atoms with Gasteiger partial charge in [0.1, 0.15) is 5.69 Å². The molecule has 0 spiro atoms. The molecule has 0 N–H and O–H groups in total. The molecule has 2 aliphatic rings. The number of imidazole rings is 1. The van der Waals surface area contributed by atoms with E-state index in [0.717, 1.165) is 19.4 Å². The molecular formula is C21H22N4O.